The summed E-state index contributed by atoms with van der Waals surface area (Å²) in [5.74, 6) is 0.579. The Balaban J connectivity index is 2.05. The summed E-state index contributed by atoms with van der Waals surface area (Å²) < 4.78 is 27.6. The number of piperidine rings is 1. The quantitative estimate of drug-likeness (QED) is 0.778. The van der Waals surface area contributed by atoms with E-state index in [1.165, 1.54) is 17.4 Å². The monoisotopic (exact) mass is 400 g/mol. The zero-order valence-corrected chi connectivity index (χ0v) is 15.4. The van der Waals surface area contributed by atoms with Gasteiger partial charge in [-0.3, -0.25) is 0 Å². The van der Waals surface area contributed by atoms with Crippen LogP contribution in [0.25, 0.3) is 0 Å². The van der Waals surface area contributed by atoms with Crippen molar-refractivity contribution < 1.29 is 8.42 Å². The lowest BCUT2D eigenvalue weighted by Gasteiger charge is -2.32. The summed E-state index contributed by atoms with van der Waals surface area (Å²) in [5, 5.41) is 0.455. The second-order valence-electron chi connectivity index (χ2n) is 5.30. The van der Waals surface area contributed by atoms with Crippen molar-refractivity contribution in [2.45, 2.75) is 17.1 Å². The first kappa shape index (κ1) is 16.7. The molecule has 0 saturated carbocycles. The van der Waals surface area contributed by atoms with Gasteiger partial charge in [0.1, 0.15) is 4.21 Å². The third-order valence-corrected chi connectivity index (χ3v) is 8.24. The molecule has 0 unspecified atom stereocenters. The predicted octanol–water partition coefficient (Wildman–Crippen LogP) is 3.13. The molecule has 1 aromatic heterocycles. The van der Waals surface area contributed by atoms with Crippen molar-refractivity contribution >= 4 is 48.9 Å². The van der Waals surface area contributed by atoms with E-state index in [2.05, 4.69) is 20.8 Å². The number of sulfonamides is 1. The highest BCUT2D eigenvalue weighted by Crippen LogP contribution is 2.36. The predicted molar refractivity (Wildman–Crippen MR) is 87.1 cm³/mol. The van der Waals surface area contributed by atoms with Gasteiger partial charge in [-0.25, -0.2) is 8.42 Å². The maximum absolute atomic E-state index is 12.5. The Morgan fingerprint density at radius 1 is 1.45 bits per heavy atom. The van der Waals surface area contributed by atoms with Crippen molar-refractivity contribution in [2.75, 3.05) is 33.7 Å². The van der Waals surface area contributed by atoms with Crippen LogP contribution in [0.15, 0.2) is 14.1 Å². The first-order valence-corrected chi connectivity index (χ1v) is 9.83. The zero-order chi connectivity index (χ0) is 14.9. The lowest BCUT2D eigenvalue weighted by atomic mass is 9.98. The van der Waals surface area contributed by atoms with Gasteiger partial charge in [0.2, 0.25) is 0 Å². The van der Waals surface area contributed by atoms with E-state index in [4.69, 9.17) is 11.6 Å². The van der Waals surface area contributed by atoms with Crippen LogP contribution in [0.4, 0.5) is 0 Å². The van der Waals surface area contributed by atoms with Gasteiger partial charge >= 0.3 is 0 Å². The Hall–Kier alpha value is 0.340. The largest absolute Gasteiger partial charge is 0.309 e. The summed E-state index contributed by atoms with van der Waals surface area (Å²) in [5.41, 5.74) is 0. The first-order chi connectivity index (χ1) is 9.30. The molecule has 8 heteroatoms. The van der Waals surface area contributed by atoms with E-state index in [-0.39, 0.29) is 0 Å². The maximum atomic E-state index is 12.5. The summed E-state index contributed by atoms with van der Waals surface area (Å²) in [4.78, 5) is 2.16. The van der Waals surface area contributed by atoms with Gasteiger partial charge in [-0.1, -0.05) is 11.6 Å². The standard InChI is InChI=1S/C12H18BrClN2O2S2/c1-15(2)8-9-3-5-16(6-4-9)20(17,18)11-7-10(14)12(13)19-11/h7,9H,3-6,8H2,1-2H3. The molecule has 1 aliphatic rings. The number of rotatable bonds is 4. The highest BCUT2D eigenvalue weighted by Gasteiger charge is 2.31. The van der Waals surface area contributed by atoms with E-state index >= 15 is 0 Å². The van der Waals surface area contributed by atoms with E-state index in [0.717, 1.165) is 19.4 Å². The van der Waals surface area contributed by atoms with Gasteiger partial charge < -0.3 is 4.90 Å². The van der Waals surface area contributed by atoms with Crippen LogP contribution in [-0.2, 0) is 10.0 Å². The van der Waals surface area contributed by atoms with E-state index in [0.29, 0.717) is 32.0 Å². The molecular weight excluding hydrogens is 384 g/mol. The summed E-state index contributed by atoms with van der Waals surface area (Å²) in [6, 6.07) is 1.53. The van der Waals surface area contributed by atoms with Crippen molar-refractivity contribution in [1.29, 1.82) is 0 Å². The summed E-state index contributed by atoms with van der Waals surface area (Å²) >= 11 is 10.4. The van der Waals surface area contributed by atoms with Crippen LogP contribution >= 0.6 is 38.9 Å². The normalized spacial score (nSPS) is 18.9. The molecule has 4 nitrogen and oxygen atoms in total. The van der Waals surface area contributed by atoms with Gasteiger partial charge in [-0.2, -0.15) is 4.31 Å². The van der Waals surface area contributed by atoms with Gasteiger partial charge in [0, 0.05) is 19.6 Å². The Bertz CT molecular complexity index is 547. The number of hydrogen-bond acceptors (Lipinski definition) is 4. The average molecular weight is 402 g/mol. The molecule has 0 atom stereocenters. The lowest BCUT2D eigenvalue weighted by Crippen LogP contribution is -2.40. The van der Waals surface area contributed by atoms with Crippen molar-refractivity contribution in [1.82, 2.24) is 9.21 Å². The van der Waals surface area contributed by atoms with Crippen LogP contribution < -0.4 is 0 Å². The number of halogens is 2. The minimum atomic E-state index is -3.39. The Morgan fingerprint density at radius 2 is 2.05 bits per heavy atom. The van der Waals surface area contributed by atoms with E-state index < -0.39 is 10.0 Å². The van der Waals surface area contributed by atoms with Crippen molar-refractivity contribution in [3.63, 3.8) is 0 Å². The van der Waals surface area contributed by atoms with Crippen LogP contribution in [0.3, 0.4) is 0 Å². The Kier molecular flexibility index (Phi) is 5.53. The van der Waals surface area contributed by atoms with E-state index in [1.54, 1.807) is 4.31 Å². The molecule has 0 aliphatic carbocycles. The van der Waals surface area contributed by atoms with Crippen LogP contribution in [0, 0.1) is 5.92 Å². The molecule has 0 N–H and O–H groups in total. The van der Waals surface area contributed by atoms with Gasteiger partial charge in [-0.15, -0.1) is 11.3 Å². The third kappa shape index (κ3) is 3.75. The molecule has 20 heavy (non-hydrogen) atoms. The molecule has 1 saturated heterocycles. The second kappa shape index (κ2) is 6.62. The molecule has 114 valence electrons. The van der Waals surface area contributed by atoms with Gasteiger partial charge in [0.15, 0.2) is 0 Å². The van der Waals surface area contributed by atoms with Gasteiger partial charge in [-0.05, 0) is 54.9 Å². The number of hydrogen-bond donors (Lipinski definition) is 0. The Labute approximate surface area is 137 Å². The molecule has 2 heterocycles. The topological polar surface area (TPSA) is 40.6 Å². The molecule has 1 aliphatic heterocycles. The molecule has 2 rings (SSSR count). The first-order valence-electron chi connectivity index (χ1n) is 6.40. The molecule has 0 spiro atoms. The molecular formula is C12H18BrClN2O2S2. The highest BCUT2D eigenvalue weighted by molar-refractivity contribution is 9.11. The average Bonchev–Trinajstić information content (AvgIpc) is 2.70. The van der Waals surface area contributed by atoms with Gasteiger partial charge in [0.25, 0.3) is 10.0 Å². The fourth-order valence-electron chi connectivity index (χ4n) is 2.43. The summed E-state index contributed by atoms with van der Waals surface area (Å²) in [7, 11) is 0.708. The van der Waals surface area contributed by atoms with Crippen molar-refractivity contribution in [2.24, 2.45) is 5.92 Å². The zero-order valence-electron chi connectivity index (χ0n) is 11.5. The fourth-order valence-corrected chi connectivity index (χ4v) is 6.45. The van der Waals surface area contributed by atoms with Crippen LogP contribution in [-0.4, -0.2) is 51.4 Å². The van der Waals surface area contributed by atoms with Crippen LogP contribution in [0.5, 0.6) is 0 Å². The molecule has 0 aromatic carbocycles. The van der Waals surface area contributed by atoms with E-state index in [9.17, 15) is 8.42 Å². The Morgan fingerprint density at radius 3 is 2.50 bits per heavy atom. The summed E-state index contributed by atoms with van der Waals surface area (Å²) in [6.07, 6.45) is 1.83. The van der Waals surface area contributed by atoms with Gasteiger partial charge in [0.05, 0.1) is 8.81 Å². The molecule has 0 amide bonds. The van der Waals surface area contributed by atoms with Crippen LogP contribution in [0.2, 0.25) is 5.02 Å². The maximum Gasteiger partial charge on any atom is 0.252 e. The molecule has 0 radical (unpaired) electrons. The van der Waals surface area contributed by atoms with E-state index in [1.807, 2.05) is 14.1 Å². The summed E-state index contributed by atoms with van der Waals surface area (Å²) in [6.45, 7) is 2.20. The minimum absolute atomic E-state index is 0.320. The molecule has 1 fully saturated rings. The minimum Gasteiger partial charge on any atom is -0.309 e. The molecule has 1 aromatic rings. The third-order valence-electron chi connectivity index (χ3n) is 3.41. The van der Waals surface area contributed by atoms with Crippen LogP contribution in [0.1, 0.15) is 12.8 Å². The fraction of sp³-hybridized carbons (Fsp3) is 0.667. The SMILES string of the molecule is CN(C)CC1CCN(S(=O)(=O)c2cc(Cl)c(Br)s2)CC1. The molecule has 0 bridgehead atoms. The van der Waals surface area contributed by atoms with Crippen molar-refractivity contribution in [3.8, 4) is 0 Å². The number of thiophene rings is 1. The smallest absolute Gasteiger partial charge is 0.252 e. The highest BCUT2D eigenvalue weighted by atomic mass is 79.9. The second-order valence-corrected chi connectivity index (χ2v) is 10.2. The number of nitrogens with zero attached hydrogens (tertiary/aromatic N) is 2. The van der Waals surface area contributed by atoms with Crippen molar-refractivity contribution in [3.05, 3.63) is 14.9 Å². The lowest BCUT2D eigenvalue weighted by molar-refractivity contribution is 0.225.